The topological polar surface area (TPSA) is 79.0 Å². The Morgan fingerprint density at radius 3 is 2.79 bits per heavy atom. The molecule has 0 aliphatic rings. The number of nitrogens with one attached hydrogen (secondary N) is 2. The van der Waals surface area contributed by atoms with Gasteiger partial charge in [0, 0.05) is 18.5 Å². The molecule has 0 radical (unpaired) electrons. The number of benzene rings is 2. The zero-order valence-electron chi connectivity index (χ0n) is 16.5. The Hall–Kier alpha value is -3.15. The molecule has 0 bridgehead atoms. The maximum Gasteiger partial charge on any atom is 0.191 e. The summed E-state index contributed by atoms with van der Waals surface area (Å²) in [5.74, 6) is 2.22. The maximum atomic E-state index is 10.2. The second-order valence-corrected chi connectivity index (χ2v) is 6.53. The molecule has 148 valence electrons. The predicted octanol–water partition coefficient (Wildman–Crippen LogP) is 4.01. The lowest BCUT2D eigenvalue weighted by molar-refractivity contribution is 0.370. The third-order valence-electron chi connectivity index (χ3n) is 4.52. The van der Waals surface area contributed by atoms with Crippen LogP contribution in [-0.2, 0) is 6.42 Å². The predicted molar refractivity (Wildman–Crippen MR) is 112 cm³/mol. The number of rotatable bonds is 7. The standard InChI is InChI=1S/C22H27N3O3/c1-4-23-22(24-13-12-16-9-7-11-19(27-3)21(16)26)25-15(2)20-14-17-8-5-6-10-18(17)28-20/h5-11,14-15,26H,4,12-13H2,1-3H3,(H2,23,24,25). The quantitative estimate of drug-likeness (QED) is 0.426. The number of aromatic hydroxyl groups is 1. The van der Waals surface area contributed by atoms with Crippen molar-refractivity contribution in [3.63, 3.8) is 0 Å². The average molecular weight is 381 g/mol. The molecular formula is C22H27N3O3. The summed E-state index contributed by atoms with van der Waals surface area (Å²) in [6.45, 7) is 5.35. The van der Waals surface area contributed by atoms with Gasteiger partial charge in [0.2, 0.25) is 0 Å². The number of fused-ring (bicyclic) bond motifs is 1. The van der Waals surface area contributed by atoms with Gasteiger partial charge in [-0.2, -0.15) is 0 Å². The summed E-state index contributed by atoms with van der Waals surface area (Å²) in [6.07, 6.45) is 0.610. The van der Waals surface area contributed by atoms with E-state index in [4.69, 9.17) is 9.15 Å². The van der Waals surface area contributed by atoms with Crippen molar-refractivity contribution in [2.45, 2.75) is 26.3 Å². The van der Waals surface area contributed by atoms with Crippen LogP contribution >= 0.6 is 0 Å². The molecule has 3 aromatic rings. The Bertz CT molecular complexity index is 916. The van der Waals surface area contributed by atoms with Crippen LogP contribution in [0.1, 0.15) is 31.2 Å². The van der Waals surface area contributed by atoms with Gasteiger partial charge in [-0.05, 0) is 44.0 Å². The first-order valence-electron chi connectivity index (χ1n) is 9.50. The third-order valence-corrected chi connectivity index (χ3v) is 4.52. The molecule has 0 spiro atoms. The molecule has 1 aromatic heterocycles. The van der Waals surface area contributed by atoms with Crippen molar-refractivity contribution in [2.75, 3.05) is 20.2 Å². The van der Waals surface area contributed by atoms with Gasteiger partial charge >= 0.3 is 0 Å². The average Bonchev–Trinajstić information content (AvgIpc) is 3.14. The number of nitrogens with zero attached hydrogens (tertiary/aromatic N) is 1. The summed E-state index contributed by atoms with van der Waals surface area (Å²) in [5.41, 5.74) is 1.69. The van der Waals surface area contributed by atoms with Crippen LogP contribution in [0.15, 0.2) is 57.9 Å². The van der Waals surface area contributed by atoms with Gasteiger partial charge in [0.05, 0.1) is 13.2 Å². The molecule has 0 aliphatic heterocycles. The van der Waals surface area contributed by atoms with Crippen LogP contribution in [0, 0.1) is 0 Å². The van der Waals surface area contributed by atoms with Crippen molar-refractivity contribution in [3.8, 4) is 11.5 Å². The van der Waals surface area contributed by atoms with Crippen LogP contribution in [0.3, 0.4) is 0 Å². The minimum Gasteiger partial charge on any atom is -0.504 e. The minimum atomic E-state index is -0.0320. The number of ether oxygens (including phenoxy) is 1. The van der Waals surface area contributed by atoms with Crippen molar-refractivity contribution in [1.29, 1.82) is 0 Å². The molecule has 28 heavy (non-hydrogen) atoms. The lowest BCUT2D eigenvalue weighted by atomic mass is 10.1. The molecule has 0 amide bonds. The number of hydrogen-bond donors (Lipinski definition) is 3. The zero-order valence-corrected chi connectivity index (χ0v) is 16.5. The van der Waals surface area contributed by atoms with E-state index in [9.17, 15) is 5.11 Å². The van der Waals surface area contributed by atoms with Gasteiger partial charge in [-0.3, -0.25) is 4.99 Å². The van der Waals surface area contributed by atoms with E-state index in [0.29, 0.717) is 24.7 Å². The number of phenolic OH excluding ortho intramolecular Hbond substituents is 1. The second-order valence-electron chi connectivity index (χ2n) is 6.53. The summed E-state index contributed by atoms with van der Waals surface area (Å²) in [6, 6.07) is 15.5. The molecule has 2 aromatic carbocycles. The van der Waals surface area contributed by atoms with Crippen LogP contribution in [-0.4, -0.2) is 31.3 Å². The van der Waals surface area contributed by atoms with Gasteiger partial charge in [-0.1, -0.05) is 30.3 Å². The Balaban J connectivity index is 1.67. The molecule has 1 heterocycles. The Morgan fingerprint density at radius 2 is 2.04 bits per heavy atom. The molecule has 6 heteroatoms. The van der Waals surface area contributed by atoms with Gasteiger partial charge in [0.1, 0.15) is 11.3 Å². The molecule has 3 rings (SSSR count). The third kappa shape index (κ3) is 4.57. The molecular weight excluding hydrogens is 354 g/mol. The highest BCUT2D eigenvalue weighted by Gasteiger charge is 2.13. The van der Waals surface area contributed by atoms with Gasteiger partial charge in [0.25, 0.3) is 0 Å². The van der Waals surface area contributed by atoms with Crippen LogP contribution in [0.2, 0.25) is 0 Å². The lowest BCUT2D eigenvalue weighted by Crippen LogP contribution is -2.38. The van der Waals surface area contributed by atoms with Crippen molar-refractivity contribution in [1.82, 2.24) is 10.6 Å². The van der Waals surface area contributed by atoms with Gasteiger partial charge in [0.15, 0.2) is 17.5 Å². The highest BCUT2D eigenvalue weighted by Crippen LogP contribution is 2.29. The Kier molecular flexibility index (Phi) is 6.42. The molecule has 0 fully saturated rings. The number of guanidine groups is 1. The number of phenols is 1. The monoisotopic (exact) mass is 381 g/mol. The minimum absolute atomic E-state index is 0.0320. The van der Waals surface area contributed by atoms with E-state index in [0.717, 1.165) is 28.8 Å². The van der Waals surface area contributed by atoms with Crippen LogP contribution in [0.5, 0.6) is 11.5 Å². The molecule has 6 nitrogen and oxygen atoms in total. The van der Waals surface area contributed by atoms with E-state index in [-0.39, 0.29) is 11.8 Å². The van der Waals surface area contributed by atoms with E-state index in [1.165, 1.54) is 0 Å². The fourth-order valence-electron chi connectivity index (χ4n) is 3.03. The van der Waals surface area contributed by atoms with Crippen LogP contribution in [0.25, 0.3) is 11.0 Å². The van der Waals surface area contributed by atoms with E-state index in [2.05, 4.69) is 15.6 Å². The SMILES string of the molecule is CCNC(=NCCc1cccc(OC)c1O)NC(C)c1cc2ccccc2o1. The first-order chi connectivity index (χ1) is 13.6. The first-order valence-corrected chi connectivity index (χ1v) is 9.50. The van der Waals surface area contributed by atoms with E-state index in [1.807, 2.05) is 56.3 Å². The first kappa shape index (κ1) is 19.6. The van der Waals surface area contributed by atoms with Crippen LogP contribution in [0.4, 0.5) is 0 Å². The maximum absolute atomic E-state index is 10.2. The number of hydrogen-bond acceptors (Lipinski definition) is 4. The number of furan rings is 1. The summed E-state index contributed by atoms with van der Waals surface area (Å²) < 4.78 is 11.1. The largest absolute Gasteiger partial charge is 0.504 e. The molecule has 3 N–H and O–H groups in total. The smallest absolute Gasteiger partial charge is 0.191 e. The number of para-hydroxylation sites is 2. The van der Waals surface area contributed by atoms with Crippen molar-refractivity contribution in [3.05, 3.63) is 59.9 Å². The highest BCUT2D eigenvalue weighted by atomic mass is 16.5. The number of aliphatic imine (C=N–C) groups is 1. The van der Waals surface area contributed by atoms with E-state index >= 15 is 0 Å². The fraction of sp³-hybridized carbons (Fsp3) is 0.318. The summed E-state index contributed by atoms with van der Waals surface area (Å²) in [5, 5.41) is 17.9. The molecule has 1 atom stereocenters. The van der Waals surface area contributed by atoms with E-state index in [1.54, 1.807) is 13.2 Å². The second kappa shape index (κ2) is 9.17. The normalized spacial score (nSPS) is 12.8. The summed E-state index contributed by atoms with van der Waals surface area (Å²) in [4.78, 5) is 4.63. The van der Waals surface area contributed by atoms with Crippen molar-refractivity contribution in [2.24, 2.45) is 4.99 Å². The molecule has 1 unspecified atom stereocenters. The van der Waals surface area contributed by atoms with E-state index < -0.39 is 0 Å². The summed E-state index contributed by atoms with van der Waals surface area (Å²) in [7, 11) is 1.55. The molecule has 0 aliphatic carbocycles. The summed E-state index contributed by atoms with van der Waals surface area (Å²) >= 11 is 0. The van der Waals surface area contributed by atoms with Gasteiger partial charge in [-0.15, -0.1) is 0 Å². The lowest BCUT2D eigenvalue weighted by Gasteiger charge is -2.16. The molecule has 0 saturated carbocycles. The Labute approximate surface area is 165 Å². The number of methoxy groups -OCH3 is 1. The van der Waals surface area contributed by atoms with Crippen LogP contribution < -0.4 is 15.4 Å². The van der Waals surface area contributed by atoms with Crippen molar-refractivity contribution >= 4 is 16.9 Å². The highest BCUT2D eigenvalue weighted by molar-refractivity contribution is 5.81. The zero-order chi connectivity index (χ0) is 19.9. The van der Waals surface area contributed by atoms with Crippen molar-refractivity contribution < 1.29 is 14.3 Å². The van der Waals surface area contributed by atoms with Gasteiger partial charge in [-0.25, -0.2) is 0 Å². The van der Waals surface area contributed by atoms with Gasteiger partial charge < -0.3 is 24.9 Å². The molecule has 0 saturated heterocycles. The fourth-order valence-corrected chi connectivity index (χ4v) is 3.03. The Morgan fingerprint density at radius 1 is 1.21 bits per heavy atom.